The molecule has 188 valence electrons. The number of aromatic nitrogens is 1. The summed E-state index contributed by atoms with van der Waals surface area (Å²) in [5, 5.41) is 14.7. The van der Waals surface area contributed by atoms with Gasteiger partial charge < -0.3 is 20.6 Å². The SMILES string of the molecule is Cc1ccccc1NC(=O)Nc1ccc(C(C)(C)c2ccc(N3CCN(CC(=O)O)CC3)nc2)cc1. The lowest BCUT2D eigenvalue weighted by molar-refractivity contribution is -0.138. The Bertz CT molecular complexity index is 1200. The first-order chi connectivity index (χ1) is 17.2. The van der Waals surface area contributed by atoms with E-state index >= 15 is 0 Å². The molecule has 36 heavy (non-hydrogen) atoms. The number of carbonyl (C=O) groups excluding carboxylic acids is 1. The van der Waals surface area contributed by atoms with Crippen molar-refractivity contribution in [1.82, 2.24) is 9.88 Å². The molecule has 8 heteroatoms. The summed E-state index contributed by atoms with van der Waals surface area (Å²) in [5.74, 6) is 0.117. The van der Waals surface area contributed by atoms with Crippen LogP contribution in [0, 0.1) is 6.92 Å². The van der Waals surface area contributed by atoms with E-state index in [0.29, 0.717) is 13.1 Å². The highest BCUT2D eigenvalue weighted by atomic mass is 16.4. The summed E-state index contributed by atoms with van der Waals surface area (Å²) in [7, 11) is 0. The summed E-state index contributed by atoms with van der Waals surface area (Å²) in [6.07, 6.45) is 1.92. The first-order valence-electron chi connectivity index (χ1n) is 12.1. The molecule has 3 N–H and O–H groups in total. The molecule has 2 aromatic carbocycles. The summed E-state index contributed by atoms with van der Waals surface area (Å²) >= 11 is 0. The van der Waals surface area contributed by atoms with E-state index in [-0.39, 0.29) is 18.0 Å². The summed E-state index contributed by atoms with van der Waals surface area (Å²) in [4.78, 5) is 32.2. The van der Waals surface area contributed by atoms with Gasteiger partial charge in [0.2, 0.25) is 0 Å². The molecule has 1 fully saturated rings. The number of para-hydroxylation sites is 1. The van der Waals surface area contributed by atoms with Crippen molar-refractivity contribution in [3.63, 3.8) is 0 Å². The van der Waals surface area contributed by atoms with Crippen LogP contribution >= 0.6 is 0 Å². The number of carbonyl (C=O) groups is 2. The fraction of sp³-hybridized carbons (Fsp3) is 0.321. The Morgan fingerprint density at radius 3 is 2.19 bits per heavy atom. The van der Waals surface area contributed by atoms with Gasteiger partial charge in [0.15, 0.2) is 0 Å². The number of nitrogens with zero attached hydrogens (tertiary/aromatic N) is 3. The van der Waals surface area contributed by atoms with E-state index in [2.05, 4.69) is 35.4 Å². The molecule has 2 amide bonds. The lowest BCUT2D eigenvalue weighted by atomic mass is 9.79. The maximum atomic E-state index is 12.4. The Morgan fingerprint density at radius 1 is 0.917 bits per heavy atom. The molecule has 1 aliphatic rings. The minimum Gasteiger partial charge on any atom is -0.480 e. The van der Waals surface area contributed by atoms with E-state index < -0.39 is 5.97 Å². The average Bonchev–Trinajstić information content (AvgIpc) is 2.86. The number of carboxylic acid groups (broad SMARTS) is 1. The number of aryl methyl sites for hydroxylation is 1. The summed E-state index contributed by atoms with van der Waals surface area (Å²) in [6.45, 7) is 9.29. The molecule has 3 aromatic rings. The second kappa shape index (κ2) is 10.8. The summed E-state index contributed by atoms with van der Waals surface area (Å²) in [6, 6.07) is 19.4. The van der Waals surface area contributed by atoms with Crippen molar-refractivity contribution >= 4 is 29.2 Å². The molecule has 0 radical (unpaired) electrons. The molecule has 0 unspecified atom stereocenters. The van der Waals surface area contributed by atoms with Gasteiger partial charge in [0.05, 0.1) is 6.54 Å². The standard InChI is InChI=1S/C28H33N5O3/c1-20-6-4-5-7-24(20)31-27(36)30-23-11-8-21(9-12-23)28(2,3)22-10-13-25(29-18-22)33-16-14-32(15-17-33)19-26(34)35/h4-13,18H,14-17,19H2,1-3H3,(H,34,35)(H2,30,31,36). The minimum absolute atomic E-state index is 0.0834. The fourth-order valence-corrected chi connectivity index (χ4v) is 4.40. The minimum atomic E-state index is -0.789. The van der Waals surface area contributed by atoms with Gasteiger partial charge in [0.25, 0.3) is 0 Å². The van der Waals surface area contributed by atoms with Crippen LogP contribution in [0.25, 0.3) is 0 Å². The number of carboxylic acids is 1. The number of benzene rings is 2. The second-order valence-corrected chi connectivity index (χ2v) is 9.66. The van der Waals surface area contributed by atoms with Crippen molar-refractivity contribution in [2.24, 2.45) is 0 Å². The van der Waals surface area contributed by atoms with Crippen molar-refractivity contribution in [3.05, 3.63) is 83.6 Å². The highest BCUT2D eigenvalue weighted by Gasteiger charge is 2.25. The number of piperazine rings is 1. The molecule has 0 saturated carbocycles. The van der Waals surface area contributed by atoms with Gasteiger partial charge in [-0.1, -0.05) is 50.2 Å². The Morgan fingerprint density at radius 2 is 1.58 bits per heavy atom. The lowest BCUT2D eigenvalue weighted by Crippen LogP contribution is -2.48. The quantitative estimate of drug-likeness (QED) is 0.452. The Labute approximate surface area is 212 Å². The van der Waals surface area contributed by atoms with E-state index in [1.807, 2.05) is 72.6 Å². The van der Waals surface area contributed by atoms with Crippen molar-refractivity contribution in [3.8, 4) is 0 Å². The zero-order chi connectivity index (χ0) is 25.7. The van der Waals surface area contributed by atoms with Crippen LogP contribution in [0.1, 0.15) is 30.5 Å². The molecular formula is C28H33N5O3. The van der Waals surface area contributed by atoms with Crippen LogP contribution in [0.15, 0.2) is 66.9 Å². The van der Waals surface area contributed by atoms with E-state index in [9.17, 15) is 9.59 Å². The lowest BCUT2D eigenvalue weighted by Gasteiger charge is -2.35. The smallest absolute Gasteiger partial charge is 0.323 e. The highest BCUT2D eigenvalue weighted by Crippen LogP contribution is 2.32. The third-order valence-corrected chi connectivity index (χ3v) is 6.78. The van der Waals surface area contributed by atoms with Gasteiger partial charge in [-0.05, 0) is 47.9 Å². The zero-order valence-corrected chi connectivity index (χ0v) is 21.0. The number of hydrogen-bond donors (Lipinski definition) is 3. The van der Waals surface area contributed by atoms with Crippen LogP contribution in [0.5, 0.6) is 0 Å². The maximum absolute atomic E-state index is 12.4. The van der Waals surface area contributed by atoms with E-state index in [1.54, 1.807) is 0 Å². The van der Waals surface area contributed by atoms with Crippen LogP contribution in [0.4, 0.5) is 22.0 Å². The number of aliphatic carboxylic acids is 1. The molecular weight excluding hydrogens is 454 g/mol. The van der Waals surface area contributed by atoms with Gasteiger partial charge in [-0.25, -0.2) is 9.78 Å². The molecule has 0 bridgehead atoms. The molecule has 4 rings (SSSR count). The van der Waals surface area contributed by atoms with Gasteiger partial charge in [-0.15, -0.1) is 0 Å². The van der Waals surface area contributed by atoms with E-state index in [4.69, 9.17) is 10.1 Å². The first-order valence-corrected chi connectivity index (χ1v) is 12.1. The van der Waals surface area contributed by atoms with Crippen LogP contribution in [-0.2, 0) is 10.2 Å². The highest BCUT2D eigenvalue weighted by molar-refractivity contribution is 6.00. The first kappa shape index (κ1) is 25.2. The van der Waals surface area contributed by atoms with Gasteiger partial charge in [0, 0.05) is 49.2 Å². The Balaban J connectivity index is 1.37. The summed E-state index contributed by atoms with van der Waals surface area (Å²) in [5.41, 5.74) is 4.44. The molecule has 1 saturated heterocycles. The monoisotopic (exact) mass is 487 g/mol. The van der Waals surface area contributed by atoms with Gasteiger partial charge >= 0.3 is 12.0 Å². The number of anilines is 3. The van der Waals surface area contributed by atoms with Crippen LogP contribution in [-0.4, -0.2) is 59.7 Å². The van der Waals surface area contributed by atoms with Crippen molar-refractivity contribution in [2.45, 2.75) is 26.2 Å². The number of amides is 2. The molecule has 8 nitrogen and oxygen atoms in total. The van der Waals surface area contributed by atoms with Crippen molar-refractivity contribution < 1.29 is 14.7 Å². The topological polar surface area (TPSA) is 97.8 Å². The number of rotatable bonds is 7. The fourth-order valence-electron chi connectivity index (χ4n) is 4.40. The predicted molar refractivity (Wildman–Crippen MR) is 143 cm³/mol. The zero-order valence-electron chi connectivity index (χ0n) is 21.0. The predicted octanol–water partition coefficient (Wildman–Crippen LogP) is 4.57. The van der Waals surface area contributed by atoms with Crippen molar-refractivity contribution in [2.75, 3.05) is 48.3 Å². The number of pyridine rings is 1. The number of urea groups is 1. The number of hydrogen-bond acceptors (Lipinski definition) is 5. The van der Waals surface area contributed by atoms with E-state index in [1.165, 1.54) is 0 Å². The van der Waals surface area contributed by atoms with Gasteiger partial charge in [-0.2, -0.15) is 0 Å². The van der Waals surface area contributed by atoms with Crippen LogP contribution in [0.3, 0.4) is 0 Å². The normalized spacial score (nSPS) is 14.4. The second-order valence-electron chi connectivity index (χ2n) is 9.66. The Kier molecular flexibility index (Phi) is 7.55. The van der Waals surface area contributed by atoms with E-state index in [0.717, 1.165) is 47.0 Å². The molecule has 2 heterocycles. The molecule has 0 spiro atoms. The van der Waals surface area contributed by atoms with Crippen LogP contribution in [0.2, 0.25) is 0 Å². The Hall–Kier alpha value is -3.91. The molecule has 1 aliphatic heterocycles. The van der Waals surface area contributed by atoms with Gasteiger partial charge in [-0.3, -0.25) is 9.69 Å². The van der Waals surface area contributed by atoms with Gasteiger partial charge in [0.1, 0.15) is 5.82 Å². The average molecular weight is 488 g/mol. The third kappa shape index (κ3) is 6.01. The van der Waals surface area contributed by atoms with Crippen LogP contribution < -0.4 is 15.5 Å². The molecule has 0 atom stereocenters. The summed E-state index contributed by atoms with van der Waals surface area (Å²) < 4.78 is 0. The molecule has 1 aromatic heterocycles. The third-order valence-electron chi connectivity index (χ3n) is 6.78. The maximum Gasteiger partial charge on any atom is 0.323 e. The largest absolute Gasteiger partial charge is 0.480 e. The molecule has 0 aliphatic carbocycles. The number of nitrogens with one attached hydrogen (secondary N) is 2. The van der Waals surface area contributed by atoms with Crippen molar-refractivity contribution in [1.29, 1.82) is 0 Å².